The largest absolute Gasteiger partial charge is 0.465 e. The summed E-state index contributed by atoms with van der Waals surface area (Å²) in [6.45, 7) is 3.96. The third kappa shape index (κ3) is 3.91. The average molecular weight is 392 g/mol. The molecule has 3 rings (SSSR count). The smallest absolute Gasteiger partial charge is 0.327 e. The lowest BCUT2D eigenvalue weighted by Crippen LogP contribution is -2.20. The van der Waals surface area contributed by atoms with Gasteiger partial charge in [0.05, 0.1) is 23.3 Å². The monoisotopic (exact) mass is 391 g/mol. The highest BCUT2D eigenvalue weighted by Gasteiger charge is 2.30. The SMILES string of the molecule is CCOC(=O)Cn1nc(C)c2c1NC(=O)CS[C@@H]2c1ccc(SC)cc1. The quantitative estimate of drug-likeness (QED) is 0.623. The first-order valence-corrected chi connectivity index (χ1v) is 10.6. The van der Waals surface area contributed by atoms with Crippen molar-refractivity contribution in [1.82, 2.24) is 9.78 Å². The zero-order chi connectivity index (χ0) is 18.7. The van der Waals surface area contributed by atoms with Gasteiger partial charge in [0.2, 0.25) is 5.91 Å². The maximum Gasteiger partial charge on any atom is 0.327 e. The maximum absolute atomic E-state index is 12.2. The molecule has 1 aliphatic rings. The molecule has 1 N–H and O–H groups in total. The molecule has 1 aliphatic heterocycles. The predicted octanol–water partition coefficient (Wildman–Crippen LogP) is 3.25. The van der Waals surface area contributed by atoms with E-state index in [9.17, 15) is 9.59 Å². The van der Waals surface area contributed by atoms with E-state index in [1.54, 1.807) is 30.4 Å². The number of rotatable bonds is 5. The lowest BCUT2D eigenvalue weighted by Gasteiger charge is -2.15. The first kappa shape index (κ1) is 18.8. The van der Waals surface area contributed by atoms with E-state index in [0.29, 0.717) is 18.2 Å². The van der Waals surface area contributed by atoms with Crippen molar-refractivity contribution in [2.24, 2.45) is 0 Å². The molecule has 1 amide bonds. The van der Waals surface area contributed by atoms with Crippen LogP contribution in [0.5, 0.6) is 0 Å². The number of nitrogens with zero attached hydrogens (tertiary/aromatic N) is 2. The molecular weight excluding hydrogens is 370 g/mol. The molecule has 2 heterocycles. The molecule has 138 valence electrons. The van der Waals surface area contributed by atoms with Crippen LogP contribution in [0, 0.1) is 6.92 Å². The Hall–Kier alpha value is -1.93. The topological polar surface area (TPSA) is 73.2 Å². The molecule has 0 saturated heterocycles. The summed E-state index contributed by atoms with van der Waals surface area (Å²) >= 11 is 3.26. The van der Waals surface area contributed by atoms with Gasteiger partial charge in [0.25, 0.3) is 0 Å². The highest BCUT2D eigenvalue weighted by Crippen LogP contribution is 2.43. The lowest BCUT2D eigenvalue weighted by atomic mass is 10.0. The van der Waals surface area contributed by atoms with Crippen molar-refractivity contribution in [1.29, 1.82) is 0 Å². The van der Waals surface area contributed by atoms with E-state index in [2.05, 4.69) is 34.7 Å². The number of nitrogens with one attached hydrogen (secondary N) is 1. The van der Waals surface area contributed by atoms with Crippen LogP contribution in [0.1, 0.15) is 29.0 Å². The number of amides is 1. The van der Waals surface area contributed by atoms with Gasteiger partial charge in [-0.3, -0.25) is 9.59 Å². The predicted molar refractivity (Wildman–Crippen MR) is 105 cm³/mol. The number of aromatic nitrogens is 2. The molecule has 26 heavy (non-hydrogen) atoms. The van der Waals surface area contributed by atoms with E-state index in [-0.39, 0.29) is 23.7 Å². The number of carbonyl (C=O) groups is 2. The molecule has 8 heteroatoms. The fourth-order valence-corrected chi connectivity index (χ4v) is 4.53. The average Bonchev–Trinajstić information content (AvgIpc) is 2.80. The number of benzene rings is 1. The van der Waals surface area contributed by atoms with Gasteiger partial charge in [-0.05, 0) is 37.8 Å². The van der Waals surface area contributed by atoms with Crippen LogP contribution in [0.15, 0.2) is 29.2 Å². The summed E-state index contributed by atoms with van der Waals surface area (Å²) in [6, 6.07) is 8.34. The van der Waals surface area contributed by atoms with Crippen LogP contribution < -0.4 is 5.32 Å². The highest BCUT2D eigenvalue weighted by atomic mass is 32.2. The highest BCUT2D eigenvalue weighted by molar-refractivity contribution is 8.00. The minimum absolute atomic E-state index is 0.0178. The van der Waals surface area contributed by atoms with Gasteiger partial charge in [-0.2, -0.15) is 5.10 Å². The standard InChI is InChI=1S/C18H21N3O3S2/c1-4-24-15(23)9-21-18-16(11(2)20-21)17(26-10-14(22)19-18)12-5-7-13(25-3)8-6-12/h5-8,17H,4,9-10H2,1-3H3,(H,19,22)/t17-/m1/s1. The lowest BCUT2D eigenvalue weighted by molar-refractivity contribution is -0.144. The Morgan fingerprint density at radius 3 is 2.81 bits per heavy atom. The van der Waals surface area contributed by atoms with E-state index >= 15 is 0 Å². The Morgan fingerprint density at radius 2 is 2.15 bits per heavy atom. The first-order valence-electron chi connectivity index (χ1n) is 8.31. The van der Waals surface area contributed by atoms with Crippen molar-refractivity contribution in [3.8, 4) is 0 Å². The molecule has 0 saturated carbocycles. The second-order valence-electron chi connectivity index (χ2n) is 5.82. The van der Waals surface area contributed by atoms with E-state index in [4.69, 9.17) is 4.74 Å². The second kappa shape index (κ2) is 8.18. The number of anilines is 1. The fraction of sp³-hybridized carbons (Fsp3) is 0.389. The molecule has 0 fully saturated rings. The van der Waals surface area contributed by atoms with Gasteiger partial charge < -0.3 is 10.1 Å². The molecule has 0 bridgehead atoms. The molecule has 0 aliphatic carbocycles. The van der Waals surface area contributed by atoms with Crippen molar-refractivity contribution >= 4 is 41.2 Å². The Morgan fingerprint density at radius 1 is 1.42 bits per heavy atom. The number of hydrogen-bond donors (Lipinski definition) is 1. The molecule has 1 aromatic heterocycles. The van der Waals surface area contributed by atoms with Crippen molar-refractivity contribution < 1.29 is 14.3 Å². The number of fused-ring (bicyclic) bond motifs is 1. The van der Waals surface area contributed by atoms with Crippen molar-refractivity contribution in [2.45, 2.75) is 30.5 Å². The van der Waals surface area contributed by atoms with Gasteiger partial charge >= 0.3 is 5.97 Å². The van der Waals surface area contributed by atoms with E-state index in [0.717, 1.165) is 16.8 Å². The normalized spacial score (nSPS) is 16.6. The number of aryl methyl sites for hydroxylation is 1. The molecule has 2 aromatic rings. The molecule has 0 spiro atoms. The van der Waals surface area contributed by atoms with Crippen LogP contribution in [-0.4, -0.2) is 40.3 Å². The minimum Gasteiger partial charge on any atom is -0.465 e. The maximum atomic E-state index is 12.2. The van der Waals surface area contributed by atoms with E-state index < -0.39 is 0 Å². The van der Waals surface area contributed by atoms with Crippen LogP contribution in [0.2, 0.25) is 0 Å². The van der Waals surface area contributed by atoms with Crippen LogP contribution in [0.3, 0.4) is 0 Å². The summed E-state index contributed by atoms with van der Waals surface area (Å²) < 4.78 is 6.56. The summed E-state index contributed by atoms with van der Waals surface area (Å²) in [6.07, 6.45) is 2.04. The van der Waals surface area contributed by atoms with Crippen LogP contribution in [0.25, 0.3) is 0 Å². The first-order chi connectivity index (χ1) is 12.5. The van der Waals surface area contributed by atoms with Crippen molar-refractivity contribution in [3.63, 3.8) is 0 Å². The molecule has 0 radical (unpaired) electrons. The summed E-state index contributed by atoms with van der Waals surface area (Å²) in [7, 11) is 0. The second-order valence-corrected chi connectivity index (χ2v) is 7.80. The molecule has 1 atom stereocenters. The van der Waals surface area contributed by atoms with Gasteiger partial charge in [-0.25, -0.2) is 4.68 Å². The number of thioether (sulfide) groups is 2. The number of hydrogen-bond acceptors (Lipinski definition) is 6. The molecule has 6 nitrogen and oxygen atoms in total. The Balaban J connectivity index is 2.01. The third-order valence-electron chi connectivity index (χ3n) is 4.08. The van der Waals surface area contributed by atoms with Crippen molar-refractivity contribution in [2.75, 3.05) is 23.9 Å². The zero-order valence-electron chi connectivity index (χ0n) is 14.9. The van der Waals surface area contributed by atoms with Crippen LogP contribution >= 0.6 is 23.5 Å². The number of ether oxygens (including phenoxy) is 1. The fourth-order valence-electron chi connectivity index (χ4n) is 2.94. The van der Waals surface area contributed by atoms with Gasteiger partial charge in [-0.1, -0.05) is 12.1 Å². The summed E-state index contributed by atoms with van der Waals surface area (Å²) in [4.78, 5) is 25.3. The van der Waals surface area contributed by atoms with Gasteiger partial charge in [0.1, 0.15) is 12.4 Å². The summed E-state index contributed by atoms with van der Waals surface area (Å²) in [5.41, 5.74) is 2.87. The van der Waals surface area contributed by atoms with Gasteiger partial charge in [0, 0.05) is 10.5 Å². The molecular formula is C18H21N3O3S2. The van der Waals surface area contributed by atoms with Crippen LogP contribution in [0.4, 0.5) is 5.82 Å². The van der Waals surface area contributed by atoms with Gasteiger partial charge in [-0.15, -0.1) is 23.5 Å². The third-order valence-corrected chi connectivity index (χ3v) is 6.09. The Labute approximate surface area is 161 Å². The zero-order valence-corrected chi connectivity index (χ0v) is 16.6. The van der Waals surface area contributed by atoms with Crippen molar-refractivity contribution in [3.05, 3.63) is 41.1 Å². The Kier molecular flexibility index (Phi) is 5.93. The number of esters is 1. The van der Waals surface area contributed by atoms with E-state index in [1.807, 2.05) is 13.2 Å². The summed E-state index contributed by atoms with van der Waals surface area (Å²) in [5, 5.41) is 7.38. The minimum atomic E-state index is -0.371. The van der Waals surface area contributed by atoms with Gasteiger partial charge in [0.15, 0.2) is 0 Å². The summed E-state index contributed by atoms with van der Waals surface area (Å²) in [5.74, 6) is 0.474. The molecule has 0 unspecified atom stereocenters. The number of carbonyl (C=O) groups excluding carboxylic acids is 2. The molecule has 1 aromatic carbocycles. The Bertz CT molecular complexity index is 818. The van der Waals surface area contributed by atoms with Crippen LogP contribution in [-0.2, 0) is 20.9 Å². The van der Waals surface area contributed by atoms with E-state index in [1.165, 1.54) is 9.58 Å².